The fraction of sp³-hybridized carbons (Fsp3) is 0.455. The van der Waals surface area contributed by atoms with Gasteiger partial charge in [-0.3, -0.25) is 10.1 Å². The third kappa shape index (κ3) is 2.65. The first-order chi connectivity index (χ1) is 9.36. The number of nitro benzene ring substituents is 1. The highest BCUT2D eigenvalue weighted by Crippen LogP contribution is 2.28. The second-order valence-electron chi connectivity index (χ2n) is 4.55. The van der Waals surface area contributed by atoms with Gasteiger partial charge in [0.05, 0.1) is 9.82 Å². The molecular formula is C11H14FN3O4S. The summed E-state index contributed by atoms with van der Waals surface area (Å²) in [4.78, 5) is 9.82. The molecule has 7 nitrogen and oxygen atoms in total. The predicted octanol–water partition coefficient (Wildman–Crippen LogP) is 0.655. The number of halogens is 1. The molecule has 1 fully saturated rings. The maximum Gasteiger partial charge on any atom is 0.269 e. The lowest BCUT2D eigenvalue weighted by Gasteiger charge is -2.22. The van der Waals surface area contributed by atoms with Gasteiger partial charge in [0.2, 0.25) is 10.0 Å². The van der Waals surface area contributed by atoms with Crippen molar-refractivity contribution in [2.75, 3.05) is 13.1 Å². The topological polar surface area (TPSA) is 107 Å². The molecule has 20 heavy (non-hydrogen) atoms. The Balaban J connectivity index is 2.32. The first-order valence-electron chi connectivity index (χ1n) is 5.96. The maximum absolute atomic E-state index is 13.4. The summed E-state index contributed by atoms with van der Waals surface area (Å²) in [5, 5.41) is 10.5. The molecule has 0 amide bonds. The quantitative estimate of drug-likeness (QED) is 0.649. The molecule has 1 aromatic carbocycles. The monoisotopic (exact) mass is 303 g/mol. The van der Waals surface area contributed by atoms with Gasteiger partial charge in [0.25, 0.3) is 5.69 Å². The Morgan fingerprint density at radius 2 is 2.00 bits per heavy atom. The third-order valence-corrected chi connectivity index (χ3v) is 5.17. The molecule has 0 spiro atoms. The highest BCUT2D eigenvalue weighted by molar-refractivity contribution is 7.89. The van der Waals surface area contributed by atoms with E-state index in [1.54, 1.807) is 0 Å². The molecule has 0 unspecified atom stereocenters. The van der Waals surface area contributed by atoms with Crippen LogP contribution in [0.2, 0.25) is 0 Å². The summed E-state index contributed by atoms with van der Waals surface area (Å²) >= 11 is 0. The Labute approximate surface area is 115 Å². The van der Waals surface area contributed by atoms with Gasteiger partial charge in [-0.25, -0.2) is 12.8 Å². The normalized spacial score (nSPS) is 23.9. The molecule has 0 radical (unpaired) electrons. The zero-order valence-electron chi connectivity index (χ0n) is 10.5. The van der Waals surface area contributed by atoms with Gasteiger partial charge in [-0.05, 0) is 18.6 Å². The smallest absolute Gasteiger partial charge is 0.269 e. The van der Waals surface area contributed by atoms with Crippen molar-refractivity contribution in [1.29, 1.82) is 0 Å². The minimum atomic E-state index is -3.88. The second-order valence-corrected chi connectivity index (χ2v) is 6.44. The van der Waals surface area contributed by atoms with E-state index in [2.05, 4.69) is 0 Å². The van der Waals surface area contributed by atoms with Gasteiger partial charge in [0, 0.05) is 31.3 Å². The first-order valence-corrected chi connectivity index (χ1v) is 7.40. The van der Waals surface area contributed by atoms with Gasteiger partial charge < -0.3 is 5.73 Å². The number of hydrogen-bond acceptors (Lipinski definition) is 5. The van der Waals surface area contributed by atoms with Crippen LogP contribution < -0.4 is 5.73 Å². The van der Waals surface area contributed by atoms with Crippen molar-refractivity contribution in [3.05, 3.63) is 34.4 Å². The van der Waals surface area contributed by atoms with Gasteiger partial charge in [-0.15, -0.1) is 0 Å². The van der Waals surface area contributed by atoms with Gasteiger partial charge in [0.15, 0.2) is 0 Å². The molecule has 1 aliphatic rings. The molecule has 2 atom stereocenters. The molecule has 0 bridgehead atoms. The van der Waals surface area contributed by atoms with Crippen LogP contribution in [0.15, 0.2) is 29.2 Å². The third-order valence-electron chi connectivity index (χ3n) is 3.24. The number of non-ortho nitro benzene ring substituents is 1. The molecule has 110 valence electrons. The van der Waals surface area contributed by atoms with E-state index < -0.39 is 27.2 Å². The van der Waals surface area contributed by atoms with E-state index >= 15 is 0 Å². The highest BCUT2D eigenvalue weighted by Gasteiger charge is 2.39. The first kappa shape index (κ1) is 14.8. The van der Waals surface area contributed by atoms with Crippen LogP contribution in [0, 0.1) is 10.1 Å². The average molecular weight is 303 g/mol. The summed E-state index contributed by atoms with van der Waals surface area (Å²) in [5.74, 6) is 0. The minimum absolute atomic E-state index is 0.0344. The Kier molecular flexibility index (Phi) is 4.02. The summed E-state index contributed by atoms with van der Waals surface area (Å²) in [5.41, 5.74) is 5.26. The lowest BCUT2D eigenvalue weighted by Crippen LogP contribution is -2.39. The summed E-state index contributed by atoms with van der Waals surface area (Å²) in [6.07, 6.45) is -1.17. The maximum atomic E-state index is 13.4. The van der Waals surface area contributed by atoms with Crippen molar-refractivity contribution < 1.29 is 17.7 Å². The molecular weight excluding hydrogens is 289 g/mol. The van der Waals surface area contributed by atoms with Crippen LogP contribution in [0.5, 0.6) is 0 Å². The Hall–Kier alpha value is -1.58. The highest BCUT2D eigenvalue weighted by atomic mass is 32.2. The number of sulfonamides is 1. The summed E-state index contributed by atoms with van der Waals surface area (Å²) < 4.78 is 39.1. The summed E-state index contributed by atoms with van der Waals surface area (Å²) in [6, 6.07) is 3.92. The zero-order chi connectivity index (χ0) is 14.9. The lowest BCUT2D eigenvalue weighted by atomic mass is 10.2. The van der Waals surface area contributed by atoms with Crippen LogP contribution in [-0.2, 0) is 10.0 Å². The number of hydrogen-bond donors (Lipinski definition) is 1. The Bertz CT molecular complexity index is 605. The van der Waals surface area contributed by atoms with Crippen molar-refractivity contribution in [1.82, 2.24) is 4.31 Å². The van der Waals surface area contributed by atoms with E-state index in [1.807, 2.05) is 0 Å². The Morgan fingerprint density at radius 1 is 1.40 bits per heavy atom. The van der Waals surface area contributed by atoms with Gasteiger partial charge >= 0.3 is 0 Å². The van der Waals surface area contributed by atoms with Crippen molar-refractivity contribution >= 4 is 15.7 Å². The van der Waals surface area contributed by atoms with E-state index in [0.29, 0.717) is 0 Å². The van der Waals surface area contributed by atoms with Crippen LogP contribution in [0.4, 0.5) is 10.1 Å². The number of alkyl halides is 1. The molecule has 2 rings (SSSR count). The molecule has 0 aliphatic carbocycles. The van der Waals surface area contributed by atoms with Crippen LogP contribution in [0.3, 0.4) is 0 Å². The fourth-order valence-electron chi connectivity index (χ4n) is 2.22. The molecule has 9 heteroatoms. The van der Waals surface area contributed by atoms with E-state index in [4.69, 9.17) is 5.73 Å². The van der Waals surface area contributed by atoms with Crippen molar-refractivity contribution in [2.24, 2.45) is 5.73 Å². The minimum Gasteiger partial charge on any atom is -0.329 e. The van der Waals surface area contributed by atoms with Crippen molar-refractivity contribution in [3.8, 4) is 0 Å². The van der Waals surface area contributed by atoms with Gasteiger partial charge in [-0.2, -0.15) is 4.31 Å². The van der Waals surface area contributed by atoms with E-state index in [1.165, 1.54) is 0 Å². The van der Waals surface area contributed by atoms with Crippen LogP contribution in [0.25, 0.3) is 0 Å². The van der Waals surface area contributed by atoms with E-state index in [-0.39, 0.29) is 30.1 Å². The van der Waals surface area contributed by atoms with Gasteiger partial charge in [-0.1, -0.05) is 0 Å². The fourth-order valence-corrected chi connectivity index (χ4v) is 3.89. The van der Waals surface area contributed by atoms with E-state index in [0.717, 1.165) is 28.6 Å². The number of nitro groups is 1. The molecule has 2 N–H and O–H groups in total. The molecule has 1 aliphatic heterocycles. The van der Waals surface area contributed by atoms with Crippen molar-refractivity contribution in [3.63, 3.8) is 0 Å². The zero-order valence-corrected chi connectivity index (χ0v) is 11.3. The van der Waals surface area contributed by atoms with Crippen LogP contribution >= 0.6 is 0 Å². The van der Waals surface area contributed by atoms with Gasteiger partial charge in [0.1, 0.15) is 6.17 Å². The number of nitrogens with zero attached hydrogens (tertiary/aromatic N) is 2. The second kappa shape index (κ2) is 5.43. The molecule has 0 saturated carbocycles. The number of nitrogens with two attached hydrogens (primary N) is 1. The van der Waals surface area contributed by atoms with Crippen LogP contribution in [0.1, 0.15) is 6.42 Å². The average Bonchev–Trinajstić information content (AvgIpc) is 2.81. The van der Waals surface area contributed by atoms with Crippen molar-refractivity contribution in [2.45, 2.75) is 23.5 Å². The lowest BCUT2D eigenvalue weighted by molar-refractivity contribution is -0.384. The largest absolute Gasteiger partial charge is 0.329 e. The molecule has 1 saturated heterocycles. The summed E-state index contributed by atoms with van der Waals surface area (Å²) in [6.45, 7) is -0.201. The van der Waals surface area contributed by atoms with Crippen LogP contribution in [-0.4, -0.2) is 42.9 Å². The Morgan fingerprint density at radius 3 is 2.50 bits per heavy atom. The molecule has 0 aromatic heterocycles. The summed E-state index contributed by atoms with van der Waals surface area (Å²) in [7, 11) is -3.88. The number of benzene rings is 1. The molecule has 1 heterocycles. The molecule has 1 aromatic rings. The predicted molar refractivity (Wildman–Crippen MR) is 69.3 cm³/mol. The SMILES string of the molecule is NC[C@@H]1C[C@H](F)CN1S(=O)(=O)c1ccc([N+](=O)[O-])cc1. The van der Waals surface area contributed by atoms with E-state index in [9.17, 15) is 22.9 Å². The number of rotatable bonds is 4. The standard InChI is InChI=1S/C11H14FN3O4S/c12-8-5-10(6-13)14(7-8)20(18,19)11-3-1-9(2-4-11)15(16)17/h1-4,8,10H,5-7,13H2/t8-,10-/m0/s1.